The van der Waals surface area contributed by atoms with E-state index in [-0.39, 0.29) is 16.9 Å². The first-order chi connectivity index (χ1) is 12.9. The summed E-state index contributed by atoms with van der Waals surface area (Å²) in [7, 11) is 1.54. The highest BCUT2D eigenvalue weighted by Crippen LogP contribution is 2.18. The lowest BCUT2D eigenvalue weighted by Crippen LogP contribution is -2.29. The number of aryl methyl sites for hydroxylation is 1. The summed E-state index contributed by atoms with van der Waals surface area (Å²) >= 11 is 0. The largest absolute Gasteiger partial charge is 0.507 e. The molecule has 0 atom stereocenters. The third kappa shape index (κ3) is 3.39. The Labute approximate surface area is 154 Å². The summed E-state index contributed by atoms with van der Waals surface area (Å²) in [5.41, 5.74) is 3.43. The van der Waals surface area contributed by atoms with Crippen LogP contribution in [-0.2, 0) is 13.6 Å². The highest BCUT2D eigenvalue weighted by Gasteiger charge is 2.16. The molecule has 2 aromatic heterocycles. The van der Waals surface area contributed by atoms with E-state index in [1.807, 2.05) is 19.1 Å². The third-order valence-corrected chi connectivity index (χ3v) is 4.15. The number of aromatic amines is 1. The van der Waals surface area contributed by atoms with E-state index < -0.39 is 11.2 Å². The van der Waals surface area contributed by atoms with Gasteiger partial charge in [-0.2, -0.15) is 10.1 Å². The lowest BCUT2D eigenvalue weighted by molar-refractivity contribution is 0.474. The third-order valence-electron chi connectivity index (χ3n) is 4.15. The number of benzene rings is 1. The number of para-hydroxylation sites is 1. The Balaban J connectivity index is 2.11. The average Bonchev–Trinajstić information content (AvgIpc) is 3.02. The van der Waals surface area contributed by atoms with Gasteiger partial charge in [-0.15, -0.1) is 0 Å². The Hall–Kier alpha value is -3.62. The first-order valence-corrected chi connectivity index (χ1v) is 8.33. The molecule has 0 spiro atoms. The predicted molar refractivity (Wildman–Crippen MR) is 104 cm³/mol. The summed E-state index contributed by atoms with van der Waals surface area (Å²) in [6, 6.07) is 6.84. The van der Waals surface area contributed by atoms with Gasteiger partial charge in [0.1, 0.15) is 5.75 Å². The molecular weight excluding hydrogens is 348 g/mol. The molecule has 0 saturated carbocycles. The van der Waals surface area contributed by atoms with Crippen molar-refractivity contribution in [3.8, 4) is 5.75 Å². The number of imidazole rings is 1. The number of anilines is 1. The van der Waals surface area contributed by atoms with Crippen LogP contribution >= 0.6 is 0 Å². The molecule has 0 fully saturated rings. The first-order valence-electron chi connectivity index (χ1n) is 8.33. The number of phenolic OH excluding ortho intramolecular Hbond substituents is 1. The zero-order valence-electron chi connectivity index (χ0n) is 15.2. The maximum atomic E-state index is 12.3. The Morgan fingerprint density at radius 2 is 2.11 bits per heavy atom. The molecule has 0 radical (unpaired) electrons. The van der Waals surface area contributed by atoms with E-state index in [2.05, 4.69) is 20.5 Å². The second-order valence-electron chi connectivity index (χ2n) is 5.93. The topological polar surface area (TPSA) is 117 Å². The van der Waals surface area contributed by atoms with Crippen molar-refractivity contribution in [3.63, 3.8) is 0 Å². The second-order valence-corrected chi connectivity index (χ2v) is 5.93. The van der Waals surface area contributed by atoms with Gasteiger partial charge in [-0.05, 0) is 26.0 Å². The number of rotatable bonds is 5. The van der Waals surface area contributed by atoms with Gasteiger partial charge in [0.05, 0.1) is 5.71 Å². The number of phenols is 1. The summed E-state index contributed by atoms with van der Waals surface area (Å²) < 4.78 is 2.91. The lowest BCUT2D eigenvalue weighted by atomic mass is 10.1. The minimum Gasteiger partial charge on any atom is -0.507 e. The molecule has 9 nitrogen and oxygen atoms in total. The molecule has 140 valence electrons. The van der Waals surface area contributed by atoms with Crippen molar-refractivity contribution in [2.75, 3.05) is 5.43 Å². The number of fused-ring (bicyclic) bond motifs is 1. The molecule has 0 unspecified atom stereocenters. The van der Waals surface area contributed by atoms with Crippen molar-refractivity contribution < 1.29 is 5.11 Å². The number of H-pyrrole nitrogens is 1. The van der Waals surface area contributed by atoms with Gasteiger partial charge >= 0.3 is 5.69 Å². The van der Waals surface area contributed by atoms with Gasteiger partial charge < -0.3 is 5.11 Å². The van der Waals surface area contributed by atoms with Crippen LogP contribution in [0.1, 0.15) is 19.4 Å². The van der Waals surface area contributed by atoms with Crippen LogP contribution in [0, 0.1) is 0 Å². The molecule has 0 aliphatic rings. The molecule has 0 amide bonds. The van der Waals surface area contributed by atoms with Crippen LogP contribution in [0.4, 0.5) is 5.95 Å². The van der Waals surface area contributed by atoms with E-state index in [9.17, 15) is 14.7 Å². The van der Waals surface area contributed by atoms with E-state index in [1.165, 1.54) is 11.6 Å². The van der Waals surface area contributed by atoms with Crippen molar-refractivity contribution in [1.29, 1.82) is 0 Å². The summed E-state index contributed by atoms with van der Waals surface area (Å²) in [5.74, 6) is 0.423. The zero-order chi connectivity index (χ0) is 19.6. The van der Waals surface area contributed by atoms with Gasteiger partial charge in [0.2, 0.25) is 5.95 Å². The smallest absolute Gasteiger partial charge is 0.329 e. The Morgan fingerprint density at radius 1 is 1.37 bits per heavy atom. The van der Waals surface area contributed by atoms with Crippen molar-refractivity contribution in [1.82, 2.24) is 19.1 Å². The number of nitrogens with one attached hydrogen (secondary N) is 2. The van der Waals surface area contributed by atoms with Gasteiger partial charge in [-0.3, -0.25) is 18.9 Å². The molecule has 3 N–H and O–H groups in total. The molecular formula is C18H20N6O3. The quantitative estimate of drug-likeness (QED) is 0.359. The lowest BCUT2D eigenvalue weighted by Gasteiger charge is -2.07. The Bertz CT molecular complexity index is 1170. The molecule has 0 aliphatic heterocycles. The average molecular weight is 368 g/mol. The predicted octanol–water partition coefficient (Wildman–Crippen LogP) is 1.54. The standard InChI is InChI=1S/C18H20N6O3/c1-4-5-10-24-14-15(23(3)18(27)20-16(14)26)19-17(24)22-21-11(2)12-8-6-7-9-13(12)25/h4-9,25H,10H2,1-3H3,(H,19,22)(H,20,26,27)/b5-4+,21-11+. The first kappa shape index (κ1) is 18.2. The number of aromatic nitrogens is 4. The molecule has 0 bridgehead atoms. The van der Waals surface area contributed by atoms with Crippen molar-refractivity contribution in [3.05, 3.63) is 62.8 Å². The number of hydrazone groups is 1. The van der Waals surface area contributed by atoms with Crippen molar-refractivity contribution in [2.24, 2.45) is 12.1 Å². The van der Waals surface area contributed by atoms with E-state index in [4.69, 9.17) is 0 Å². The molecule has 9 heteroatoms. The molecule has 3 rings (SSSR count). The fourth-order valence-corrected chi connectivity index (χ4v) is 2.68. The zero-order valence-corrected chi connectivity index (χ0v) is 15.2. The molecule has 1 aromatic carbocycles. The van der Waals surface area contributed by atoms with Crippen LogP contribution < -0.4 is 16.7 Å². The van der Waals surface area contributed by atoms with E-state index in [1.54, 1.807) is 35.8 Å². The van der Waals surface area contributed by atoms with Crippen LogP contribution in [0.5, 0.6) is 5.75 Å². The maximum absolute atomic E-state index is 12.3. The SMILES string of the molecule is C/C=C/Cn1c(N/N=C(\C)c2ccccc2O)nc2c1c(=O)[nH]c(=O)n2C. The van der Waals surface area contributed by atoms with Crippen molar-refractivity contribution >= 4 is 22.8 Å². The van der Waals surface area contributed by atoms with Gasteiger partial charge in [0.15, 0.2) is 11.2 Å². The van der Waals surface area contributed by atoms with Crippen LogP contribution in [-0.4, -0.2) is 29.9 Å². The van der Waals surface area contributed by atoms with E-state index >= 15 is 0 Å². The number of aromatic hydroxyl groups is 1. The van der Waals surface area contributed by atoms with Crippen LogP contribution in [0.25, 0.3) is 11.2 Å². The Morgan fingerprint density at radius 3 is 2.81 bits per heavy atom. The second kappa shape index (κ2) is 7.32. The van der Waals surface area contributed by atoms with Crippen molar-refractivity contribution in [2.45, 2.75) is 20.4 Å². The van der Waals surface area contributed by atoms with E-state index in [0.29, 0.717) is 23.8 Å². The molecule has 2 heterocycles. The van der Waals surface area contributed by atoms with E-state index in [0.717, 1.165) is 0 Å². The fourth-order valence-electron chi connectivity index (χ4n) is 2.68. The van der Waals surface area contributed by atoms with Crippen LogP contribution in [0.15, 0.2) is 51.1 Å². The van der Waals surface area contributed by atoms with Gasteiger partial charge in [-0.1, -0.05) is 24.3 Å². The molecule has 3 aromatic rings. The molecule has 0 saturated heterocycles. The summed E-state index contributed by atoms with van der Waals surface area (Å²) in [5, 5.41) is 14.2. The minimum absolute atomic E-state index is 0.113. The van der Waals surface area contributed by atoms with Gasteiger partial charge in [0.25, 0.3) is 5.56 Å². The highest BCUT2D eigenvalue weighted by atomic mass is 16.3. The molecule has 0 aliphatic carbocycles. The number of allylic oxidation sites excluding steroid dienone is 2. The van der Waals surface area contributed by atoms with Gasteiger partial charge in [0, 0.05) is 19.2 Å². The number of hydrogen-bond donors (Lipinski definition) is 3. The van der Waals surface area contributed by atoms with Crippen LogP contribution in [0.2, 0.25) is 0 Å². The minimum atomic E-state index is -0.538. The fraction of sp³-hybridized carbons (Fsp3) is 0.222. The summed E-state index contributed by atoms with van der Waals surface area (Å²) in [6.07, 6.45) is 3.71. The van der Waals surface area contributed by atoms with Crippen LogP contribution in [0.3, 0.4) is 0 Å². The Kier molecular flexibility index (Phi) is 4.93. The number of hydrogen-bond acceptors (Lipinski definition) is 6. The monoisotopic (exact) mass is 368 g/mol. The maximum Gasteiger partial charge on any atom is 0.329 e. The number of nitrogens with zero attached hydrogens (tertiary/aromatic N) is 4. The normalized spacial score (nSPS) is 12.2. The highest BCUT2D eigenvalue weighted by molar-refractivity contribution is 6.01. The summed E-state index contributed by atoms with van der Waals surface area (Å²) in [4.78, 5) is 30.8. The summed E-state index contributed by atoms with van der Waals surface area (Å²) in [6.45, 7) is 3.98. The van der Waals surface area contributed by atoms with Gasteiger partial charge in [-0.25, -0.2) is 10.2 Å². The molecule has 27 heavy (non-hydrogen) atoms.